The van der Waals surface area contributed by atoms with Crippen molar-refractivity contribution in [1.29, 1.82) is 0 Å². The van der Waals surface area contributed by atoms with Crippen molar-refractivity contribution in [3.63, 3.8) is 0 Å². The Morgan fingerprint density at radius 3 is 2.50 bits per heavy atom. The SMILES string of the molecule is CN(C(=O)Nc1ccccc1)c1cccc(C(N)=S)c1. The summed E-state index contributed by atoms with van der Waals surface area (Å²) in [6, 6.07) is 16.3. The van der Waals surface area contributed by atoms with E-state index < -0.39 is 0 Å². The second-order valence-corrected chi connectivity index (χ2v) is 4.71. The molecular formula is C15H15N3OS. The normalized spacial score (nSPS) is 9.85. The van der Waals surface area contributed by atoms with Gasteiger partial charge in [-0.3, -0.25) is 4.90 Å². The van der Waals surface area contributed by atoms with Crippen LogP contribution in [0.1, 0.15) is 5.56 Å². The van der Waals surface area contributed by atoms with Crippen LogP contribution in [0.5, 0.6) is 0 Å². The second kappa shape index (κ2) is 6.16. The molecule has 5 heteroatoms. The Hall–Kier alpha value is -2.40. The molecule has 0 aliphatic rings. The van der Waals surface area contributed by atoms with E-state index in [4.69, 9.17) is 18.0 Å². The third kappa shape index (κ3) is 3.33. The minimum absolute atomic E-state index is 0.226. The lowest BCUT2D eigenvalue weighted by Gasteiger charge is -2.18. The van der Waals surface area contributed by atoms with Crippen molar-refractivity contribution in [3.8, 4) is 0 Å². The maximum Gasteiger partial charge on any atom is 0.326 e. The summed E-state index contributed by atoms with van der Waals surface area (Å²) in [4.78, 5) is 14.0. The first kappa shape index (κ1) is 14.0. The van der Waals surface area contributed by atoms with Gasteiger partial charge < -0.3 is 11.1 Å². The molecule has 0 spiro atoms. The number of hydrogen-bond donors (Lipinski definition) is 2. The number of carbonyl (C=O) groups excluding carboxylic acids is 1. The fourth-order valence-electron chi connectivity index (χ4n) is 1.71. The first-order valence-corrected chi connectivity index (χ1v) is 6.48. The highest BCUT2D eigenvalue weighted by Gasteiger charge is 2.11. The Kier molecular flexibility index (Phi) is 4.32. The van der Waals surface area contributed by atoms with Crippen LogP contribution in [0.3, 0.4) is 0 Å². The number of benzene rings is 2. The van der Waals surface area contributed by atoms with Gasteiger partial charge >= 0.3 is 6.03 Å². The highest BCUT2D eigenvalue weighted by Crippen LogP contribution is 2.16. The van der Waals surface area contributed by atoms with Crippen LogP contribution in [0.2, 0.25) is 0 Å². The number of nitrogens with zero attached hydrogens (tertiary/aromatic N) is 1. The first-order valence-electron chi connectivity index (χ1n) is 6.07. The van der Waals surface area contributed by atoms with Crippen LogP contribution < -0.4 is 16.0 Å². The average Bonchev–Trinajstić information content (AvgIpc) is 2.47. The lowest BCUT2D eigenvalue weighted by Crippen LogP contribution is -2.31. The van der Waals surface area contributed by atoms with Crippen LogP contribution in [0.25, 0.3) is 0 Å². The van der Waals surface area contributed by atoms with Gasteiger partial charge in [0.1, 0.15) is 4.99 Å². The molecule has 102 valence electrons. The maximum atomic E-state index is 12.1. The Balaban J connectivity index is 2.14. The van der Waals surface area contributed by atoms with Gasteiger partial charge in [0.15, 0.2) is 0 Å². The molecule has 3 N–H and O–H groups in total. The molecule has 0 aromatic heterocycles. The zero-order valence-corrected chi connectivity index (χ0v) is 11.9. The van der Waals surface area contributed by atoms with Gasteiger partial charge in [0, 0.05) is 24.0 Å². The molecular weight excluding hydrogens is 270 g/mol. The fourth-order valence-corrected chi connectivity index (χ4v) is 1.84. The molecule has 2 rings (SSSR count). The van der Waals surface area contributed by atoms with Gasteiger partial charge in [-0.15, -0.1) is 0 Å². The summed E-state index contributed by atoms with van der Waals surface area (Å²) >= 11 is 4.94. The summed E-state index contributed by atoms with van der Waals surface area (Å²) < 4.78 is 0. The van der Waals surface area contributed by atoms with Crippen LogP contribution in [-0.2, 0) is 0 Å². The topological polar surface area (TPSA) is 58.4 Å². The lowest BCUT2D eigenvalue weighted by molar-refractivity contribution is 0.258. The van der Waals surface area contributed by atoms with Crippen LogP contribution in [-0.4, -0.2) is 18.1 Å². The average molecular weight is 285 g/mol. The standard InChI is InChI=1S/C15H15N3OS/c1-18(13-9-5-6-11(10-13)14(16)20)15(19)17-12-7-3-2-4-8-12/h2-10H,1H3,(H2,16,20)(H,17,19). The molecule has 0 radical (unpaired) electrons. The minimum Gasteiger partial charge on any atom is -0.389 e. The Bertz CT molecular complexity index is 628. The number of thiocarbonyl (C=S) groups is 1. The molecule has 20 heavy (non-hydrogen) atoms. The van der Waals surface area contributed by atoms with E-state index in [-0.39, 0.29) is 6.03 Å². The summed E-state index contributed by atoms with van der Waals surface area (Å²) in [7, 11) is 1.69. The minimum atomic E-state index is -0.226. The number of carbonyl (C=O) groups is 1. The van der Waals surface area contributed by atoms with Crippen LogP contribution in [0.4, 0.5) is 16.2 Å². The van der Waals surface area contributed by atoms with E-state index in [1.165, 1.54) is 4.90 Å². The Labute approximate surface area is 123 Å². The summed E-state index contributed by atoms with van der Waals surface area (Å²) in [5.74, 6) is 0. The molecule has 0 saturated carbocycles. The summed E-state index contributed by atoms with van der Waals surface area (Å²) in [5, 5.41) is 2.81. The third-order valence-corrected chi connectivity index (χ3v) is 3.08. The van der Waals surface area contributed by atoms with Gasteiger partial charge in [0.2, 0.25) is 0 Å². The predicted molar refractivity (Wildman–Crippen MR) is 86.2 cm³/mol. The van der Waals surface area contributed by atoms with Crippen molar-refractivity contribution in [1.82, 2.24) is 0 Å². The summed E-state index contributed by atoms with van der Waals surface area (Å²) in [6.07, 6.45) is 0. The van der Waals surface area contributed by atoms with Crippen molar-refractivity contribution in [2.24, 2.45) is 5.73 Å². The number of nitrogens with one attached hydrogen (secondary N) is 1. The maximum absolute atomic E-state index is 12.1. The van der Waals surface area contributed by atoms with Gasteiger partial charge in [-0.05, 0) is 24.3 Å². The molecule has 0 saturated heterocycles. The van der Waals surface area contributed by atoms with Crippen molar-refractivity contribution < 1.29 is 4.79 Å². The molecule has 0 bridgehead atoms. The zero-order valence-electron chi connectivity index (χ0n) is 11.0. The van der Waals surface area contributed by atoms with E-state index >= 15 is 0 Å². The van der Waals surface area contributed by atoms with Crippen LogP contribution in [0, 0.1) is 0 Å². The molecule has 0 heterocycles. The van der Waals surface area contributed by atoms with E-state index in [0.717, 1.165) is 16.9 Å². The molecule has 0 atom stereocenters. The first-order chi connectivity index (χ1) is 9.58. The van der Waals surface area contributed by atoms with E-state index in [0.29, 0.717) is 4.99 Å². The predicted octanol–water partition coefficient (Wildman–Crippen LogP) is 2.99. The number of urea groups is 1. The van der Waals surface area contributed by atoms with E-state index in [1.54, 1.807) is 13.1 Å². The molecule has 2 aromatic rings. The van der Waals surface area contributed by atoms with Crippen LogP contribution >= 0.6 is 12.2 Å². The van der Waals surface area contributed by atoms with Crippen LogP contribution in [0.15, 0.2) is 54.6 Å². The number of rotatable bonds is 3. The Morgan fingerprint density at radius 2 is 1.85 bits per heavy atom. The third-order valence-electron chi connectivity index (χ3n) is 2.85. The van der Waals surface area contributed by atoms with E-state index in [1.807, 2.05) is 48.5 Å². The second-order valence-electron chi connectivity index (χ2n) is 4.27. The summed E-state index contributed by atoms with van der Waals surface area (Å²) in [6.45, 7) is 0. The lowest BCUT2D eigenvalue weighted by atomic mass is 10.2. The number of amides is 2. The molecule has 2 aromatic carbocycles. The van der Waals surface area contributed by atoms with Crippen molar-refractivity contribution in [3.05, 3.63) is 60.2 Å². The highest BCUT2D eigenvalue weighted by atomic mass is 32.1. The largest absolute Gasteiger partial charge is 0.389 e. The van der Waals surface area contributed by atoms with Gasteiger partial charge in [-0.2, -0.15) is 0 Å². The fraction of sp³-hybridized carbons (Fsp3) is 0.0667. The number of hydrogen-bond acceptors (Lipinski definition) is 2. The van der Waals surface area contributed by atoms with Gasteiger partial charge in [0.05, 0.1) is 0 Å². The van der Waals surface area contributed by atoms with Gasteiger partial charge in [-0.1, -0.05) is 42.5 Å². The van der Waals surface area contributed by atoms with E-state index in [2.05, 4.69) is 5.32 Å². The van der Waals surface area contributed by atoms with Crippen molar-refractivity contribution in [2.45, 2.75) is 0 Å². The zero-order chi connectivity index (χ0) is 14.5. The van der Waals surface area contributed by atoms with Crippen molar-refractivity contribution >= 4 is 34.6 Å². The summed E-state index contributed by atoms with van der Waals surface area (Å²) in [5.41, 5.74) is 7.80. The van der Waals surface area contributed by atoms with Gasteiger partial charge in [-0.25, -0.2) is 4.79 Å². The highest BCUT2D eigenvalue weighted by molar-refractivity contribution is 7.80. The number of anilines is 2. The van der Waals surface area contributed by atoms with Crippen molar-refractivity contribution in [2.75, 3.05) is 17.3 Å². The Morgan fingerprint density at radius 1 is 1.15 bits per heavy atom. The monoisotopic (exact) mass is 285 g/mol. The molecule has 0 fully saturated rings. The molecule has 4 nitrogen and oxygen atoms in total. The molecule has 2 amide bonds. The number of nitrogens with two attached hydrogens (primary N) is 1. The molecule has 0 aliphatic heterocycles. The van der Waals surface area contributed by atoms with Gasteiger partial charge in [0.25, 0.3) is 0 Å². The molecule has 0 aliphatic carbocycles. The molecule has 0 unspecified atom stereocenters. The van der Waals surface area contributed by atoms with E-state index in [9.17, 15) is 4.79 Å². The smallest absolute Gasteiger partial charge is 0.326 e. The quantitative estimate of drug-likeness (QED) is 0.852. The number of para-hydroxylation sites is 1.